The smallest absolute Gasteiger partial charge is 0.261 e. The minimum atomic E-state index is -2.49. The highest BCUT2D eigenvalue weighted by Gasteiger charge is 2.51. The van der Waals surface area contributed by atoms with Gasteiger partial charge < -0.3 is 4.43 Å². The van der Waals surface area contributed by atoms with Gasteiger partial charge in [-0.2, -0.15) is 0 Å². The predicted octanol–water partition coefficient (Wildman–Crippen LogP) is 5.70. The summed E-state index contributed by atoms with van der Waals surface area (Å²) in [4.78, 5) is 0. The fourth-order valence-corrected chi connectivity index (χ4v) is 8.46. The highest BCUT2D eigenvalue weighted by molar-refractivity contribution is 6.99. The second kappa shape index (κ2) is 8.83. The van der Waals surface area contributed by atoms with E-state index in [4.69, 9.17) is 4.43 Å². The zero-order valence-electron chi connectivity index (χ0n) is 17.1. The van der Waals surface area contributed by atoms with E-state index in [1.54, 1.807) is 0 Å². The van der Waals surface area contributed by atoms with Gasteiger partial charge in [0, 0.05) is 0 Å². The van der Waals surface area contributed by atoms with Crippen molar-refractivity contribution in [1.82, 2.24) is 0 Å². The van der Waals surface area contributed by atoms with Crippen molar-refractivity contribution in [2.75, 3.05) is 0 Å². The molecule has 0 heterocycles. The first-order valence-electron chi connectivity index (χ1n) is 9.77. The van der Waals surface area contributed by atoms with E-state index in [1.807, 2.05) is 0 Å². The van der Waals surface area contributed by atoms with Crippen molar-refractivity contribution >= 4 is 18.7 Å². The molecular formula is C24H34OSi. The molecule has 0 bridgehead atoms. The number of hydrogen-bond donors (Lipinski definition) is 0. The third-order valence-corrected chi connectivity index (χ3v) is 10.1. The second-order valence-electron chi connectivity index (χ2n) is 8.26. The van der Waals surface area contributed by atoms with Gasteiger partial charge in [0.2, 0.25) is 0 Å². The van der Waals surface area contributed by atoms with Gasteiger partial charge in [-0.1, -0.05) is 113 Å². The lowest BCUT2D eigenvalue weighted by atomic mass is 10.1. The lowest BCUT2D eigenvalue weighted by Gasteiger charge is -2.45. The fraction of sp³-hybridized carbons (Fsp3) is 0.417. The van der Waals surface area contributed by atoms with Crippen LogP contribution in [0.3, 0.4) is 0 Å². The van der Waals surface area contributed by atoms with Crippen LogP contribution >= 0.6 is 0 Å². The van der Waals surface area contributed by atoms with Gasteiger partial charge in [-0.25, -0.2) is 0 Å². The van der Waals surface area contributed by atoms with E-state index in [0.29, 0.717) is 0 Å². The highest BCUT2D eigenvalue weighted by Crippen LogP contribution is 2.38. The van der Waals surface area contributed by atoms with E-state index in [9.17, 15) is 0 Å². The number of unbranched alkanes of at least 4 members (excludes halogenated alkanes) is 1. The Kier molecular flexibility index (Phi) is 7.02. The van der Waals surface area contributed by atoms with Crippen LogP contribution in [-0.4, -0.2) is 14.4 Å². The third kappa shape index (κ3) is 4.36. The third-order valence-electron chi connectivity index (χ3n) is 5.11. The van der Waals surface area contributed by atoms with Crippen LogP contribution in [0.1, 0.15) is 53.9 Å². The van der Waals surface area contributed by atoms with Crippen molar-refractivity contribution in [2.24, 2.45) is 0 Å². The minimum Gasteiger partial charge on any atom is -0.401 e. The Morgan fingerprint density at radius 3 is 1.77 bits per heavy atom. The van der Waals surface area contributed by atoms with E-state index in [-0.39, 0.29) is 11.1 Å². The van der Waals surface area contributed by atoms with Crippen LogP contribution in [0.2, 0.25) is 5.04 Å². The Hall–Kier alpha value is -1.64. The van der Waals surface area contributed by atoms with Crippen molar-refractivity contribution in [3.8, 4) is 0 Å². The lowest BCUT2D eigenvalue weighted by molar-refractivity contribution is 0.208. The van der Waals surface area contributed by atoms with Crippen molar-refractivity contribution < 1.29 is 4.43 Å². The Balaban J connectivity index is 2.65. The Morgan fingerprint density at radius 1 is 0.962 bits per heavy atom. The molecule has 0 amide bonds. The summed E-state index contributed by atoms with van der Waals surface area (Å²) in [5.74, 6) is 0. The molecule has 0 aliphatic rings. The van der Waals surface area contributed by atoms with Crippen LogP contribution in [0.5, 0.6) is 0 Å². The molecule has 2 aromatic carbocycles. The second-order valence-corrected chi connectivity index (χ2v) is 12.5. The molecule has 140 valence electrons. The van der Waals surface area contributed by atoms with Crippen LogP contribution < -0.4 is 10.4 Å². The van der Waals surface area contributed by atoms with Crippen LogP contribution in [0.25, 0.3) is 0 Å². The monoisotopic (exact) mass is 366 g/mol. The van der Waals surface area contributed by atoms with Gasteiger partial charge in [0.05, 0.1) is 6.10 Å². The summed E-state index contributed by atoms with van der Waals surface area (Å²) in [6.07, 6.45) is 3.47. The molecule has 1 nitrogen and oxygen atoms in total. The predicted molar refractivity (Wildman–Crippen MR) is 117 cm³/mol. The summed E-state index contributed by atoms with van der Waals surface area (Å²) in [6.45, 7) is 15.6. The van der Waals surface area contributed by atoms with Crippen LogP contribution in [0, 0.1) is 0 Å². The van der Waals surface area contributed by atoms with Crippen LogP contribution in [0.4, 0.5) is 0 Å². The molecule has 1 unspecified atom stereocenters. The van der Waals surface area contributed by atoms with E-state index < -0.39 is 8.32 Å². The summed E-state index contributed by atoms with van der Waals surface area (Å²) in [5.41, 5.74) is 1.13. The first-order chi connectivity index (χ1) is 12.3. The molecular weight excluding hydrogens is 332 g/mol. The molecule has 0 N–H and O–H groups in total. The molecule has 0 saturated carbocycles. The average Bonchev–Trinajstić information content (AvgIpc) is 2.62. The molecule has 26 heavy (non-hydrogen) atoms. The first kappa shape index (κ1) is 20.7. The molecule has 2 aromatic rings. The molecule has 0 aromatic heterocycles. The summed E-state index contributed by atoms with van der Waals surface area (Å²) >= 11 is 0. The summed E-state index contributed by atoms with van der Waals surface area (Å²) in [5, 5.41) is 2.68. The van der Waals surface area contributed by atoms with E-state index in [0.717, 1.165) is 18.4 Å². The number of rotatable bonds is 8. The Labute approximate surface area is 161 Å². The van der Waals surface area contributed by atoms with Gasteiger partial charge >= 0.3 is 0 Å². The maximum Gasteiger partial charge on any atom is 0.261 e. The van der Waals surface area contributed by atoms with Gasteiger partial charge in [-0.05, 0) is 28.8 Å². The molecule has 0 aliphatic heterocycles. The highest BCUT2D eigenvalue weighted by atomic mass is 28.4. The Morgan fingerprint density at radius 2 is 1.42 bits per heavy atom. The zero-order valence-corrected chi connectivity index (χ0v) is 18.1. The van der Waals surface area contributed by atoms with E-state index in [1.165, 1.54) is 16.8 Å². The van der Waals surface area contributed by atoms with Crippen LogP contribution in [0.15, 0.2) is 72.8 Å². The molecule has 1 atom stereocenters. The number of hydrogen-bond acceptors (Lipinski definition) is 1. The van der Waals surface area contributed by atoms with Gasteiger partial charge in [-0.3, -0.25) is 0 Å². The maximum absolute atomic E-state index is 7.18. The molecule has 2 heteroatoms. The summed E-state index contributed by atoms with van der Waals surface area (Å²) in [7, 11) is -2.49. The zero-order chi connectivity index (χ0) is 19.2. The number of benzene rings is 2. The van der Waals surface area contributed by atoms with Crippen molar-refractivity contribution in [1.29, 1.82) is 0 Å². The van der Waals surface area contributed by atoms with Gasteiger partial charge in [-0.15, -0.1) is 0 Å². The van der Waals surface area contributed by atoms with Gasteiger partial charge in [0.15, 0.2) is 0 Å². The van der Waals surface area contributed by atoms with Gasteiger partial charge in [0.1, 0.15) is 0 Å². The largest absolute Gasteiger partial charge is 0.401 e. The van der Waals surface area contributed by atoms with E-state index in [2.05, 4.69) is 102 Å². The van der Waals surface area contributed by atoms with Crippen molar-refractivity contribution in [2.45, 2.75) is 65.0 Å². The molecule has 0 aliphatic carbocycles. The van der Waals surface area contributed by atoms with Gasteiger partial charge in [0.25, 0.3) is 8.32 Å². The molecule has 2 rings (SSSR count). The average molecular weight is 367 g/mol. The lowest BCUT2D eigenvalue weighted by Crippen LogP contribution is -2.67. The topological polar surface area (TPSA) is 9.23 Å². The summed E-state index contributed by atoms with van der Waals surface area (Å²) in [6, 6.07) is 21.7. The molecule has 0 saturated heterocycles. The standard InChI is InChI=1S/C24H34OSi/c1-7-8-19-23(20(2)3)25-26(24(4,5)6,21-15-11-9-12-16-21)22-17-13-10-14-18-22/h9-18,23H,2,7-8,19H2,1,3-6H3. The van der Waals surface area contributed by atoms with E-state index >= 15 is 0 Å². The van der Waals surface area contributed by atoms with Crippen molar-refractivity contribution in [3.05, 3.63) is 72.8 Å². The summed E-state index contributed by atoms with van der Waals surface area (Å²) < 4.78 is 7.18. The maximum atomic E-state index is 7.18. The Bertz CT molecular complexity index is 646. The molecule has 0 radical (unpaired) electrons. The SMILES string of the molecule is C=C(C)C(CCCC)O[Si](c1ccccc1)(c1ccccc1)C(C)(C)C. The molecule has 0 spiro atoms. The first-order valence-corrected chi connectivity index (χ1v) is 11.7. The quantitative estimate of drug-likeness (QED) is 0.430. The van der Waals surface area contributed by atoms with Crippen LogP contribution in [-0.2, 0) is 4.43 Å². The van der Waals surface area contributed by atoms with Crippen molar-refractivity contribution in [3.63, 3.8) is 0 Å². The molecule has 0 fully saturated rings. The minimum absolute atomic E-state index is 0.00954. The fourth-order valence-electron chi connectivity index (χ4n) is 3.70. The normalized spacial score (nSPS) is 13.4.